The van der Waals surface area contributed by atoms with Crippen molar-refractivity contribution in [1.29, 1.82) is 0 Å². The van der Waals surface area contributed by atoms with Gasteiger partial charge in [-0.15, -0.1) is 0 Å². The highest BCUT2D eigenvalue weighted by Gasteiger charge is 2.30. The Balaban J connectivity index is 2.48. The van der Waals surface area contributed by atoms with E-state index in [2.05, 4.69) is 5.32 Å². The molecule has 1 rings (SSSR count). The summed E-state index contributed by atoms with van der Waals surface area (Å²) in [6, 6.07) is 0.0300. The maximum atomic E-state index is 9.78. The molecule has 0 fully saturated rings. The van der Waals surface area contributed by atoms with Crippen molar-refractivity contribution >= 4 is 0 Å². The standard InChI is InChI=1S/C8H15NO2/c1-8(10,6-11-2)7-4-3-5-9-7/h3-4,7,9-10H,5-6H2,1-2H3. The van der Waals surface area contributed by atoms with Gasteiger partial charge in [0.2, 0.25) is 0 Å². The van der Waals surface area contributed by atoms with Gasteiger partial charge in [-0.25, -0.2) is 0 Å². The minimum absolute atomic E-state index is 0.0300. The van der Waals surface area contributed by atoms with Crippen LogP contribution >= 0.6 is 0 Å². The molecule has 0 saturated heterocycles. The Morgan fingerprint density at radius 3 is 3.00 bits per heavy atom. The summed E-state index contributed by atoms with van der Waals surface area (Å²) in [6.07, 6.45) is 3.98. The van der Waals surface area contributed by atoms with Crippen molar-refractivity contribution in [2.75, 3.05) is 20.3 Å². The van der Waals surface area contributed by atoms with E-state index in [1.807, 2.05) is 12.2 Å². The van der Waals surface area contributed by atoms with E-state index in [0.29, 0.717) is 6.61 Å². The number of ether oxygens (including phenoxy) is 1. The molecule has 0 aromatic rings. The molecule has 0 aliphatic carbocycles. The number of nitrogens with one attached hydrogen (secondary N) is 1. The molecule has 0 saturated carbocycles. The summed E-state index contributed by atoms with van der Waals surface area (Å²) >= 11 is 0. The van der Waals surface area contributed by atoms with Gasteiger partial charge in [0, 0.05) is 13.7 Å². The Kier molecular flexibility index (Phi) is 2.65. The zero-order valence-corrected chi connectivity index (χ0v) is 7.00. The second kappa shape index (κ2) is 3.34. The predicted octanol–water partition coefficient (Wildman–Crippen LogP) is -0.0882. The van der Waals surface area contributed by atoms with Crippen LogP contribution < -0.4 is 5.32 Å². The summed E-state index contributed by atoms with van der Waals surface area (Å²) in [5, 5.41) is 12.9. The monoisotopic (exact) mass is 157 g/mol. The number of rotatable bonds is 3. The van der Waals surface area contributed by atoms with E-state index in [-0.39, 0.29) is 6.04 Å². The minimum Gasteiger partial charge on any atom is -0.386 e. The lowest BCUT2D eigenvalue weighted by Crippen LogP contribution is -2.48. The first-order valence-electron chi connectivity index (χ1n) is 3.78. The van der Waals surface area contributed by atoms with Crippen LogP contribution in [0.4, 0.5) is 0 Å². The number of aliphatic hydroxyl groups is 1. The summed E-state index contributed by atoms with van der Waals surface area (Å²) in [4.78, 5) is 0. The van der Waals surface area contributed by atoms with Crippen LogP contribution in [0.2, 0.25) is 0 Å². The van der Waals surface area contributed by atoms with Crippen LogP contribution in [-0.4, -0.2) is 37.0 Å². The Bertz CT molecular complexity index is 154. The Labute approximate surface area is 67.1 Å². The zero-order valence-electron chi connectivity index (χ0n) is 7.00. The molecule has 3 heteroatoms. The quantitative estimate of drug-likeness (QED) is 0.563. The fourth-order valence-corrected chi connectivity index (χ4v) is 1.28. The van der Waals surface area contributed by atoms with Crippen molar-refractivity contribution in [3.8, 4) is 0 Å². The Morgan fingerprint density at radius 2 is 2.55 bits per heavy atom. The van der Waals surface area contributed by atoms with Crippen LogP contribution in [0.1, 0.15) is 6.92 Å². The SMILES string of the molecule is COCC(C)(O)C1C=CCN1. The van der Waals surface area contributed by atoms with Gasteiger partial charge in [-0.2, -0.15) is 0 Å². The molecule has 0 radical (unpaired) electrons. The molecule has 0 bridgehead atoms. The fourth-order valence-electron chi connectivity index (χ4n) is 1.28. The number of methoxy groups -OCH3 is 1. The molecule has 11 heavy (non-hydrogen) atoms. The van der Waals surface area contributed by atoms with Gasteiger partial charge in [-0.3, -0.25) is 0 Å². The first-order valence-corrected chi connectivity index (χ1v) is 3.78. The minimum atomic E-state index is -0.790. The molecule has 1 aliphatic rings. The summed E-state index contributed by atoms with van der Waals surface area (Å²) in [5.41, 5.74) is -0.790. The van der Waals surface area contributed by atoms with Crippen LogP contribution in [0.5, 0.6) is 0 Å². The first kappa shape index (κ1) is 8.71. The van der Waals surface area contributed by atoms with E-state index in [4.69, 9.17) is 4.74 Å². The van der Waals surface area contributed by atoms with Crippen LogP contribution in [0, 0.1) is 0 Å². The molecule has 1 heterocycles. The van der Waals surface area contributed by atoms with Gasteiger partial charge in [0.15, 0.2) is 0 Å². The maximum Gasteiger partial charge on any atom is 0.104 e. The second-order valence-corrected chi connectivity index (χ2v) is 3.10. The molecule has 64 valence electrons. The lowest BCUT2D eigenvalue weighted by atomic mass is 9.99. The molecular formula is C8H15NO2. The van der Waals surface area contributed by atoms with Crippen molar-refractivity contribution in [3.63, 3.8) is 0 Å². The fraction of sp³-hybridized carbons (Fsp3) is 0.750. The average Bonchev–Trinajstić information content (AvgIpc) is 2.37. The summed E-state index contributed by atoms with van der Waals surface area (Å²) < 4.78 is 4.90. The summed E-state index contributed by atoms with van der Waals surface area (Å²) in [5.74, 6) is 0. The Hall–Kier alpha value is -0.380. The van der Waals surface area contributed by atoms with Crippen molar-refractivity contribution in [2.24, 2.45) is 0 Å². The van der Waals surface area contributed by atoms with Crippen molar-refractivity contribution in [3.05, 3.63) is 12.2 Å². The Morgan fingerprint density at radius 1 is 1.82 bits per heavy atom. The third-order valence-corrected chi connectivity index (χ3v) is 1.89. The van der Waals surface area contributed by atoms with Crippen LogP contribution in [-0.2, 0) is 4.74 Å². The van der Waals surface area contributed by atoms with Gasteiger partial charge in [0.05, 0.1) is 12.6 Å². The largest absolute Gasteiger partial charge is 0.386 e. The molecule has 2 unspecified atom stereocenters. The van der Waals surface area contributed by atoms with E-state index in [1.54, 1.807) is 14.0 Å². The van der Waals surface area contributed by atoms with E-state index < -0.39 is 5.60 Å². The molecule has 0 spiro atoms. The van der Waals surface area contributed by atoms with Crippen molar-refractivity contribution in [2.45, 2.75) is 18.6 Å². The normalized spacial score (nSPS) is 28.8. The van der Waals surface area contributed by atoms with E-state index >= 15 is 0 Å². The molecule has 0 aromatic carbocycles. The molecule has 2 N–H and O–H groups in total. The first-order chi connectivity index (χ1) is 5.17. The highest BCUT2D eigenvalue weighted by Crippen LogP contribution is 2.13. The lowest BCUT2D eigenvalue weighted by Gasteiger charge is -2.28. The molecule has 0 amide bonds. The van der Waals surface area contributed by atoms with Gasteiger partial charge >= 0.3 is 0 Å². The van der Waals surface area contributed by atoms with Crippen LogP contribution in [0.3, 0.4) is 0 Å². The molecule has 1 aliphatic heterocycles. The van der Waals surface area contributed by atoms with Gasteiger partial charge in [0.1, 0.15) is 5.60 Å². The smallest absolute Gasteiger partial charge is 0.104 e. The molecular weight excluding hydrogens is 142 g/mol. The van der Waals surface area contributed by atoms with Crippen LogP contribution in [0.25, 0.3) is 0 Å². The van der Waals surface area contributed by atoms with Crippen molar-refractivity contribution < 1.29 is 9.84 Å². The van der Waals surface area contributed by atoms with Gasteiger partial charge in [0.25, 0.3) is 0 Å². The van der Waals surface area contributed by atoms with Gasteiger partial charge in [-0.05, 0) is 6.92 Å². The van der Waals surface area contributed by atoms with Crippen LogP contribution in [0.15, 0.2) is 12.2 Å². The van der Waals surface area contributed by atoms with Gasteiger partial charge < -0.3 is 15.2 Å². The second-order valence-electron chi connectivity index (χ2n) is 3.10. The third-order valence-electron chi connectivity index (χ3n) is 1.89. The highest BCUT2D eigenvalue weighted by molar-refractivity contribution is 5.09. The zero-order chi connectivity index (χ0) is 8.32. The van der Waals surface area contributed by atoms with Gasteiger partial charge in [-0.1, -0.05) is 12.2 Å². The van der Waals surface area contributed by atoms with E-state index in [1.165, 1.54) is 0 Å². The van der Waals surface area contributed by atoms with Crippen molar-refractivity contribution in [1.82, 2.24) is 5.32 Å². The number of hydrogen-bond donors (Lipinski definition) is 2. The highest BCUT2D eigenvalue weighted by atomic mass is 16.5. The predicted molar refractivity (Wildman–Crippen MR) is 43.4 cm³/mol. The molecule has 0 aromatic heterocycles. The third kappa shape index (κ3) is 2.02. The molecule has 3 nitrogen and oxygen atoms in total. The summed E-state index contributed by atoms with van der Waals surface area (Å²) in [7, 11) is 1.59. The van der Waals surface area contributed by atoms with E-state index in [9.17, 15) is 5.11 Å². The lowest BCUT2D eigenvalue weighted by molar-refractivity contribution is -0.0305. The topological polar surface area (TPSA) is 41.5 Å². The summed E-state index contributed by atoms with van der Waals surface area (Å²) in [6.45, 7) is 2.96. The average molecular weight is 157 g/mol. The number of hydrogen-bond acceptors (Lipinski definition) is 3. The maximum absolute atomic E-state index is 9.78. The molecule has 2 atom stereocenters. The van der Waals surface area contributed by atoms with E-state index in [0.717, 1.165) is 6.54 Å².